The summed E-state index contributed by atoms with van der Waals surface area (Å²) in [4.78, 5) is 30.2. The molecule has 4 rings (SSSR count). The molecule has 4 aromatic rings. The Labute approximate surface area is 196 Å². The first-order valence-corrected chi connectivity index (χ1v) is 11.7. The molecule has 0 saturated carbocycles. The van der Waals surface area contributed by atoms with E-state index in [-0.39, 0.29) is 28.8 Å². The molecule has 2 aromatic carbocycles. The van der Waals surface area contributed by atoms with Crippen LogP contribution < -0.4 is 15.6 Å². The zero-order valence-electron chi connectivity index (χ0n) is 16.8. The summed E-state index contributed by atoms with van der Waals surface area (Å²) < 4.78 is 20.6. The van der Waals surface area contributed by atoms with Gasteiger partial charge in [0.2, 0.25) is 5.91 Å². The van der Waals surface area contributed by atoms with Gasteiger partial charge in [-0.2, -0.15) is 0 Å². The maximum Gasteiger partial charge on any atom is 0.272 e. The fraction of sp³-hybridized carbons (Fsp3) is 0.136. The minimum atomic E-state index is -0.489. The highest BCUT2D eigenvalue weighted by atomic mass is 35.5. The quantitative estimate of drug-likeness (QED) is 0.291. The predicted molar refractivity (Wildman–Crippen MR) is 127 cm³/mol. The molecule has 6 nitrogen and oxygen atoms in total. The first-order valence-electron chi connectivity index (χ1n) is 9.43. The number of thioether (sulfide) groups is 1. The Morgan fingerprint density at radius 3 is 2.91 bits per heavy atom. The molecule has 0 fully saturated rings. The summed E-state index contributed by atoms with van der Waals surface area (Å²) in [6.45, 7) is 0.282. The van der Waals surface area contributed by atoms with Gasteiger partial charge in [0, 0.05) is 0 Å². The van der Waals surface area contributed by atoms with Gasteiger partial charge in [-0.05, 0) is 47.3 Å². The van der Waals surface area contributed by atoms with E-state index in [0.717, 1.165) is 23.4 Å². The summed E-state index contributed by atoms with van der Waals surface area (Å²) in [5.41, 5.74) is 1.60. The van der Waals surface area contributed by atoms with Gasteiger partial charge in [0.1, 0.15) is 16.3 Å². The molecule has 0 aliphatic carbocycles. The number of amides is 1. The third kappa shape index (κ3) is 4.95. The minimum Gasteiger partial charge on any atom is -0.497 e. The lowest BCUT2D eigenvalue weighted by molar-refractivity contribution is -0.113. The third-order valence-corrected chi connectivity index (χ3v) is 6.72. The Kier molecular flexibility index (Phi) is 6.78. The van der Waals surface area contributed by atoms with E-state index in [1.807, 2.05) is 29.6 Å². The van der Waals surface area contributed by atoms with Crippen molar-refractivity contribution in [3.05, 3.63) is 80.7 Å². The minimum absolute atomic E-state index is 0.00605. The average Bonchev–Trinajstić information content (AvgIpc) is 3.25. The van der Waals surface area contributed by atoms with Gasteiger partial charge in [-0.25, -0.2) is 9.37 Å². The fourth-order valence-corrected chi connectivity index (χ4v) is 4.83. The lowest BCUT2D eigenvalue weighted by Crippen LogP contribution is -2.24. The van der Waals surface area contributed by atoms with E-state index in [9.17, 15) is 14.0 Å². The van der Waals surface area contributed by atoms with Gasteiger partial charge < -0.3 is 10.1 Å². The van der Waals surface area contributed by atoms with Crippen molar-refractivity contribution >= 4 is 56.5 Å². The van der Waals surface area contributed by atoms with Crippen LogP contribution in [0, 0.1) is 5.82 Å². The summed E-state index contributed by atoms with van der Waals surface area (Å²) in [5.74, 6) is -0.160. The number of benzene rings is 2. The second-order valence-electron chi connectivity index (χ2n) is 6.73. The molecule has 0 atom stereocenters. The molecule has 0 bridgehead atoms. The Morgan fingerprint density at radius 1 is 1.28 bits per heavy atom. The van der Waals surface area contributed by atoms with Crippen molar-refractivity contribution in [2.24, 2.45) is 0 Å². The van der Waals surface area contributed by atoms with Gasteiger partial charge in [0.15, 0.2) is 5.16 Å². The lowest BCUT2D eigenvalue weighted by atomic mass is 10.2. The van der Waals surface area contributed by atoms with E-state index >= 15 is 0 Å². The Morgan fingerprint density at radius 2 is 2.12 bits per heavy atom. The van der Waals surface area contributed by atoms with Crippen molar-refractivity contribution < 1.29 is 13.9 Å². The van der Waals surface area contributed by atoms with Gasteiger partial charge in [-0.3, -0.25) is 14.2 Å². The second kappa shape index (κ2) is 9.72. The fourth-order valence-electron chi connectivity index (χ4n) is 3.03. The van der Waals surface area contributed by atoms with Crippen LogP contribution in [0.3, 0.4) is 0 Å². The smallest absolute Gasteiger partial charge is 0.272 e. The molecule has 0 spiro atoms. The molecule has 164 valence electrons. The van der Waals surface area contributed by atoms with Crippen molar-refractivity contribution in [2.45, 2.75) is 11.7 Å². The van der Waals surface area contributed by atoms with E-state index in [4.69, 9.17) is 16.3 Å². The van der Waals surface area contributed by atoms with Gasteiger partial charge in [-0.1, -0.05) is 35.5 Å². The normalized spacial score (nSPS) is 11.0. The number of aromatic nitrogens is 2. The molecule has 10 heteroatoms. The average molecular weight is 490 g/mol. The van der Waals surface area contributed by atoms with E-state index in [1.165, 1.54) is 23.5 Å². The van der Waals surface area contributed by atoms with Crippen LogP contribution in [0.2, 0.25) is 5.02 Å². The molecular formula is C22H17ClFN3O3S2. The zero-order chi connectivity index (χ0) is 22.7. The molecule has 1 amide bonds. The molecule has 32 heavy (non-hydrogen) atoms. The number of halogens is 2. The maximum absolute atomic E-state index is 13.2. The number of carbonyl (C=O) groups excluding carboxylic acids is 1. The number of hydrogen-bond acceptors (Lipinski definition) is 6. The highest BCUT2D eigenvalue weighted by Gasteiger charge is 2.15. The monoisotopic (exact) mass is 489 g/mol. The molecule has 0 aliphatic rings. The standard InChI is InChI=1S/C22H17ClFN3O3S2/c1-30-15-4-2-3-13(9-15)11-27-21(29)20-18(7-8-31-20)26-22(27)32-12-19(28)25-17-6-5-14(24)10-16(17)23/h2-10H,11-12H2,1H3,(H,25,28). The molecule has 0 saturated heterocycles. The van der Waals surface area contributed by atoms with Gasteiger partial charge >= 0.3 is 0 Å². The molecular weight excluding hydrogens is 473 g/mol. The number of rotatable bonds is 7. The predicted octanol–water partition coefficient (Wildman–Crippen LogP) is 5.04. The summed E-state index contributed by atoms with van der Waals surface area (Å²) in [5, 5.41) is 4.99. The van der Waals surface area contributed by atoms with Crippen LogP contribution in [0.1, 0.15) is 5.56 Å². The number of carbonyl (C=O) groups is 1. The lowest BCUT2D eigenvalue weighted by Gasteiger charge is -2.13. The summed E-state index contributed by atoms with van der Waals surface area (Å²) >= 11 is 8.45. The number of methoxy groups -OCH3 is 1. The maximum atomic E-state index is 13.2. The van der Waals surface area contributed by atoms with Crippen molar-refractivity contribution in [1.82, 2.24) is 9.55 Å². The highest BCUT2D eigenvalue weighted by molar-refractivity contribution is 7.99. The number of fused-ring (bicyclic) bond motifs is 1. The van der Waals surface area contributed by atoms with Crippen LogP contribution in [-0.4, -0.2) is 28.3 Å². The third-order valence-electron chi connectivity index (χ3n) is 4.54. The highest BCUT2D eigenvalue weighted by Crippen LogP contribution is 2.25. The summed E-state index contributed by atoms with van der Waals surface area (Å²) in [6.07, 6.45) is 0. The van der Waals surface area contributed by atoms with Gasteiger partial charge in [-0.15, -0.1) is 11.3 Å². The van der Waals surface area contributed by atoms with Crippen molar-refractivity contribution in [3.63, 3.8) is 0 Å². The summed E-state index contributed by atoms with van der Waals surface area (Å²) in [7, 11) is 1.58. The van der Waals surface area contributed by atoms with Crippen LogP contribution in [0.4, 0.5) is 10.1 Å². The molecule has 0 unspecified atom stereocenters. The number of nitrogens with zero attached hydrogens (tertiary/aromatic N) is 2. The molecule has 0 radical (unpaired) electrons. The summed E-state index contributed by atoms with van der Waals surface area (Å²) in [6, 6.07) is 12.9. The number of ether oxygens (including phenoxy) is 1. The van der Waals surface area contributed by atoms with Gasteiger partial charge in [0.05, 0.1) is 35.6 Å². The van der Waals surface area contributed by atoms with E-state index < -0.39 is 5.82 Å². The van der Waals surface area contributed by atoms with Crippen LogP contribution in [0.25, 0.3) is 10.2 Å². The van der Waals surface area contributed by atoms with Crippen LogP contribution in [0.15, 0.2) is 63.9 Å². The van der Waals surface area contributed by atoms with Crippen LogP contribution >= 0.6 is 34.7 Å². The van der Waals surface area contributed by atoms with Crippen molar-refractivity contribution in [3.8, 4) is 5.75 Å². The first-order chi connectivity index (χ1) is 15.4. The van der Waals surface area contributed by atoms with Crippen LogP contribution in [-0.2, 0) is 11.3 Å². The number of thiophene rings is 1. The number of nitrogens with one attached hydrogen (secondary N) is 1. The van der Waals surface area contributed by atoms with Crippen molar-refractivity contribution in [1.29, 1.82) is 0 Å². The number of anilines is 1. The topological polar surface area (TPSA) is 73.2 Å². The Hall–Kier alpha value is -2.88. The SMILES string of the molecule is COc1cccc(Cn2c(SCC(=O)Nc3ccc(F)cc3Cl)nc3ccsc3c2=O)c1. The van der Waals surface area contributed by atoms with E-state index in [1.54, 1.807) is 17.7 Å². The van der Waals surface area contributed by atoms with Crippen molar-refractivity contribution in [2.75, 3.05) is 18.2 Å². The van der Waals surface area contributed by atoms with Gasteiger partial charge in [0.25, 0.3) is 5.56 Å². The first kappa shape index (κ1) is 22.3. The zero-order valence-corrected chi connectivity index (χ0v) is 19.2. The molecule has 1 N–H and O–H groups in total. The second-order valence-corrected chi connectivity index (χ2v) is 9.00. The molecule has 0 aliphatic heterocycles. The van der Waals surface area contributed by atoms with Crippen LogP contribution in [0.5, 0.6) is 5.75 Å². The molecule has 2 aromatic heterocycles. The van der Waals surface area contributed by atoms with E-state index in [2.05, 4.69) is 10.3 Å². The Balaban J connectivity index is 1.59. The largest absolute Gasteiger partial charge is 0.497 e. The Bertz CT molecular complexity index is 1360. The molecule has 2 heterocycles. The van der Waals surface area contributed by atoms with E-state index in [0.29, 0.717) is 26.8 Å². The number of hydrogen-bond donors (Lipinski definition) is 1.